The third kappa shape index (κ3) is 4.81. The van der Waals surface area contributed by atoms with Gasteiger partial charge in [-0.1, -0.05) is 54.0 Å². The van der Waals surface area contributed by atoms with E-state index in [9.17, 15) is 9.59 Å². The summed E-state index contributed by atoms with van der Waals surface area (Å²) in [6, 6.07) is 13.0. The second kappa shape index (κ2) is 9.13. The number of carbonyl (C=O) groups is 2. The number of amides is 2. The maximum atomic E-state index is 14.1. The van der Waals surface area contributed by atoms with E-state index < -0.39 is 17.7 Å². The zero-order valence-corrected chi connectivity index (χ0v) is 21.6. The third-order valence-electron chi connectivity index (χ3n) is 6.32. The fraction of sp³-hybridized carbons (Fsp3) is 0.481. The van der Waals surface area contributed by atoms with E-state index in [1.54, 1.807) is 0 Å². The highest BCUT2D eigenvalue weighted by Crippen LogP contribution is 2.45. The maximum Gasteiger partial charge on any atom is 0.265 e. The van der Waals surface area contributed by atoms with Crippen LogP contribution in [0.3, 0.4) is 0 Å². The first-order chi connectivity index (χ1) is 15.6. The summed E-state index contributed by atoms with van der Waals surface area (Å²) in [5, 5.41) is 3.13. The SMILES string of the molecule is CC(C)C1Oc2ccc(Br)cc2C(C(=O)NC(C)(C)C)N(C2CCCc3ccccc32)C1=O. The summed E-state index contributed by atoms with van der Waals surface area (Å²) in [4.78, 5) is 29.8. The van der Waals surface area contributed by atoms with Crippen molar-refractivity contribution in [3.8, 4) is 5.75 Å². The second-order valence-electron chi connectivity index (χ2n) is 10.5. The molecule has 1 aliphatic heterocycles. The molecule has 0 spiro atoms. The zero-order chi connectivity index (χ0) is 23.9. The molecule has 2 aromatic rings. The van der Waals surface area contributed by atoms with Crippen LogP contribution < -0.4 is 10.1 Å². The number of benzene rings is 2. The van der Waals surface area contributed by atoms with Crippen molar-refractivity contribution in [2.45, 2.75) is 77.6 Å². The van der Waals surface area contributed by atoms with E-state index >= 15 is 0 Å². The van der Waals surface area contributed by atoms with Gasteiger partial charge in [-0.05, 0) is 75.3 Å². The average Bonchev–Trinajstić information content (AvgIpc) is 2.86. The van der Waals surface area contributed by atoms with Gasteiger partial charge in [-0.2, -0.15) is 0 Å². The minimum Gasteiger partial charge on any atom is -0.480 e. The molecule has 2 aromatic carbocycles. The van der Waals surface area contributed by atoms with Crippen LogP contribution in [0.1, 0.15) is 76.2 Å². The van der Waals surface area contributed by atoms with E-state index in [4.69, 9.17) is 4.74 Å². The van der Waals surface area contributed by atoms with Crippen molar-refractivity contribution in [2.24, 2.45) is 5.92 Å². The van der Waals surface area contributed by atoms with Crippen LogP contribution in [-0.4, -0.2) is 28.4 Å². The zero-order valence-electron chi connectivity index (χ0n) is 20.0. The number of ether oxygens (including phenoxy) is 1. The van der Waals surface area contributed by atoms with Gasteiger partial charge in [-0.15, -0.1) is 0 Å². The summed E-state index contributed by atoms with van der Waals surface area (Å²) < 4.78 is 7.16. The Morgan fingerprint density at radius 3 is 2.58 bits per heavy atom. The molecule has 3 unspecified atom stereocenters. The topological polar surface area (TPSA) is 58.6 Å². The average molecular weight is 513 g/mol. The summed E-state index contributed by atoms with van der Waals surface area (Å²) in [6.07, 6.45) is 2.11. The first-order valence-corrected chi connectivity index (χ1v) is 12.5. The lowest BCUT2D eigenvalue weighted by molar-refractivity contribution is -0.150. The lowest BCUT2D eigenvalue weighted by atomic mass is 9.85. The second-order valence-corrected chi connectivity index (χ2v) is 11.4. The van der Waals surface area contributed by atoms with Crippen LogP contribution in [0.4, 0.5) is 0 Å². The van der Waals surface area contributed by atoms with Gasteiger partial charge in [-0.3, -0.25) is 9.59 Å². The number of hydrogen-bond donors (Lipinski definition) is 1. The molecule has 2 amide bonds. The largest absolute Gasteiger partial charge is 0.480 e. The van der Waals surface area contributed by atoms with Crippen LogP contribution in [0.15, 0.2) is 46.9 Å². The van der Waals surface area contributed by atoms with E-state index in [1.807, 2.05) is 69.9 Å². The number of halogens is 1. The number of rotatable bonds is 3. The van der Waals surface area contributed by atoms with Gasteiger partial charge in [0.15, 0.2) is 6.10 Å². The molecule has 0 fully saturated rings. The molecule has 4 rings (SSSR count). The lowest BCUT2D eigenvalue weighted by Gasteiger charge is -2.41. The van der Waals surface area contributed by atoms with Gasteiger partial charge in [0.1, 0.15) is 11.8 Å². The van der Waals surface area contributed by atoms with Crippen LogP contribution >= 0.6 is 15.9 Å². The molecule has 2 aliphatic rings. The number of nitrogens with zero attached hydrogens (tertiary/aromatic N) is 1. The number of hydrogen-bond acceptors (Lipinski definition) is 3. The van der Waals surface area contributed by atoms with Crippen LogP contribution in [0.25, 0.3) is 0 Å². The molecular weight excluding hydrogens is 480 g/mol. The monoisotopic (exact) mass is 512 g/mol. The molecule has 0 saturated heterocycles. The van der Waals surface area contributed by atoms with Crippen LogP contribution in [0, 0.1) is 5.92 Å². The standard InChI is InChI=1S/C27H33BrN2O3/c1-16(2)24-26(32)30(21-12-8-10-17-9-6-7-11-19(17)21)23(25(31)29-27(3,4)5)20-15-18(28)13-14-22(20)33-24/h6-7,9,11,13-16,21,23-24H,8,10,12H2,1-5H3,(H,29,31). The van der Waals surface area contributed by atoms with Gasteiger partial charge in [0.2, 0.25) is 5.91 Å². The highest BCUT2D eigenvalue weighted by molar-refractivity contribution is 9.10. The normalized spacial score (nSPS) is 22.8. The molecule has 0 bridgehead atoms. The van der Waals surface area contributed by atoms with E-state index in [1.165, 1.54) is 5.56 Å². The number of fused-ring (bicyclic) bond motifs is 2. The molecule has 0 saturated carbocycles. The Hall–Kier alpha value is -2.34. The van der Waals surface area contributed by atoms with Crippen molar-refractivity contribution in [2.75, 3.05) is 0 Å². The van der Waals surface area contributed by atoms with E-state index in [2.05, 4.69) is 33.4 Å². The van der Waals surface area contributed by atoms with Gasteiger partial charge in [0.25, 0.3) is 5.91 Å². The Morgan fingerprint density at radius 2 is 1.88 bits per heavy atom. The summed E-state index contributed by atoms with van der Waals surface area (Å²) in [5.74, 6) is 0.227. The summed E-state index contributed by atoms with van der Waals surface area (Å²) >= 11 is 3.56. The molecule has 3 atom stereocenters. The maximum absolute atomic E-state index is 14.1. The number of carbonyl (C=O) groups excluding carboxylic acids is 2. The van der Waals surface area contributed by atoms with Crippen molar-refractivity contribution in [3.63, 3.8) is 0 Å². The Labute approximate surface area is 205 Å². The summed E-state index contributed by atoms with van der Waals surface area (Å²) in [6.45, 7) is 9.85. The van der Waals surface area contributed by atoms with Gasteiger partial charge < -0.3 is 15.0 Å². The third-order valence-corrected chi connectivity index (χ3v) is 6.82. The molecule has 0 radical (unpaired) electrons. The van der Waals surface area contributed by atoms with Crippen molar-refractivity contribution in [1.29, 1.82) is 0 Å². The number of aryl methyl sites for hydroxylation is 1. The van der Waals surface area contributed by atoms with E-state index in [0.717, 1.165) is 29.3 Å². The van der Waals surface area contributed by atoms with Gasteiger partial charge in [0, 0.05) is 15.6 Å². The van der Waals surface area contributed by atoms with E-state index in [0.29, 0.717) is 11.3 Å². The van der Waals surface area contributed by atoms with Crippen molar-refractivity contribution >= 4 is 27.7 Å². The van der Waals surface area contributed by atoms with Crippen LogP contribution in [-0.2, 0) is 16.0 Å². The Balaban J connectivity index is 1.93. The first kappa shape index (κ1) is 23.8. The molecule has 33 heavy (non-hydrogen) atoms. The quantitative estimate of drug-likeness (QED) is 0.571. The Bertz CT molecular complexity index is 1060. The minimum absolute atomic E-state index is 0.0419. The highest BCUT2D eigenvalue weighted by atomic mass is 79.9. The van der Waals surface area contributed by atoms with Gasteiger partial charge in [0.05, 0.1) is 6.04 Å². The molecule has 176 valence electrons. The minimum atomic E-state index is -0.788. The van der Waals surface area contributed by atoms with Gasteiger partial charge in [-0.25, -0.2) is 0 Å². The van der Waals surface area contributed by atoms with Crippen molar-refractivity contribution in [1.82, 2.24) is 10.2 Å². The summed E-state index contributed by atoms with van der Waals surface area (Å²) in [5.41, 5.74) is 2.65. The fourth-order valence-corrected chi connectivity index (χ4v) is 5.31. The molecule has 0 aromatic heterocycles. The fourth-order valence-electron chi connectivity index (χ4n) is 4.93. The predicted molar refractivity (Wildman–Crippen MR) is 133 cm³/mol. The Kier molecular flexibility index (Phi) is 6.59. The molecule has 1 N–H and O–H groups in total. The highest BCUT2D eigenvalue weighted by Gasteiger charge is 2.46. The Morgan fingerprint density at radius 1 is 1.15 bits per heavy atom. The van der Waals surface area contributed by atoms with Crippen LogP contribution in [0.5, 0.6) is 5.75 Å². The molecule has 1 aliphatic carbocycles. The van der Waals surface area contributed by atoms with Crippen molar-refractivity contribution in [3.05, 3.63) is 63.6 Å². The van der Waals surface area contributed by atoms with E-state index in [-0.39, 0.29) is 23.8 Å². The lowest BCUT2D eigenvalue weighted by Crippen LogP contribution is -2.52. The predicted octanol–water partition coefficient (Wildman–Crippen LogP) is 5.73. The van der Waals surface area contributed by atoms with Gasteiger partial charge >= 0.3 is 0 Å². The first-order valence-electron chi connectivity index (χ1n) is 11.7. The number of nitrogens with one attached hydrogen (secondary N) is 1. The molecular formula is C27H33BrN2O3. The molecule has 1 heterocycles. The summed E-state index contributed by atoms with van der Waals surface area (Å²) in [7, 11) is 0. The molecule has 5 nitrogen and oxygen atoms in total. The smallest absolute Gasteiger partial charge is 0.265 e. The van der Waals surface area contributed by atoms with Crippen LogP contribution in [0.2, 0.25) is 0 Å². The molecule has 6 heteroatoms. The van der Waals surface area contributed by atoms with Crippen molar-refractivity contribution < 1.29 is 14.3 Å².